The van der Waals surface area contributed by atoms with Gasteiger partial charge in [-0.05, 0) is 6.92 Å². The van der Waals surface area contributed by atoms with Crippen molar-refractivity contribution >= 4 is 17.4 Å². The number of likely N-dealkylation sites (N-methyl/N-ethyl adjacent to an activating group) is 1. The number of rotatable bonds is 5. The maximum atomic E-state index is 11.3. The van der Waals surface area contributed by atoms with Crippen molar-refractivity contribution in [2.45, 2.75) is 13.0 Å². The van der Waals surface area contributed by atoms with Gasteiger partial charge in [0.25, 0.3) is 11.6 Å². The van der Waals surface area contributed by atoms with Crippen LogP contribution >= 0.6 is 0 Å². The highest BCUT2D eigenvalue weighted by atomic mass is 16.6. The van der Waals surface area contributed by atoms with Crippen LogP contribution in [0.15, 0.2) is 12.3 Å². The molecule has 0 bridgehead atoms. The third-order valence-corrected chi connectivity index (χ3v) is 2.23. The summed E-state index contributed by atoms with van der Waals surface area (Å²) in [6.45, 7) is 1.80. The molecule has 0 spiro atoms. The number of primary amides is 1. The smallest absolute Gasteiger partial charge is 0.288 e. The molecule has 1 atom stereocenters. The molecule has 0 aliphatic rings. The van der Waals surface area contributed by atoms with E-state index in [1.165, 1.54) is 4.90 Å². The number of aliphatic hydroxyl groups is 1. The van der Waals surface area contributed by atoms with Gasteiger partial charge in [-0.3, -0.25) is 14.9 Å². The van der Waals surface area contributed by atoms with Crippen LogP contribution in [0, 0.1) is 10.1 Å². The van der Waals surface area contributed by atoms with Gasteiger partial charge in [-0.25, -0.2) is 4.98 Å². The Hall–Kier alpha value is -2.22. The molecule has 1 aromatic heterocycles. The van der Waals surface area contributed by atoms with Crippen molar-refractivity contribution in [2.24, 2.45) is 5.73 Å². The Morgan fingerprint density at radius 3 is 2.78 bits per heavy atom. The third-order valence-electron chi connectivity index (χ3n) is 2.23. The first-order valence-corrected chi connectivity index (χ1v) is 5.16. The monoisotopic (exact) mass is 254 g/mol. The maximum Gasteiger partial charge on any atom is 0.288 e. The molecule has 1 heterocycles. The van der Waals surface area contributed by atoms with Crippen LogP contribution in [0.25, 0.3) is 0 Å². The SMILES string of the molecule is CC(O)CN(C)c1ncc([N+](=O)[O-])cc1C(N)=O. The van der Waals surface area contributed by atoms with Crippen molar-refractivity contribution < 1.29 is 14.8 Å². The molecule has 1 unspecified atom stereocenters. The lowest BCUT2D eigenvalue weighted by Crippen LogP contribution is -2.30. The topological polar surface area (TPSA) is 123 Å². The Labute approximate surface area is 103 Å². The molecule has 0 saturated carbocycles. The number of aromatic nitrogens is 1. The molecule has 1 amide bonds. The highest BCUT2D eigenvalue weighted by Gasteiger charge is 2.19. The molecule has 0 fully saturated rings. The zero-order valence-corrected chi connectivity index (χ0v) is 10.0. The first-order chi connectivity index (χ1) is 8.32. The Bertz CT molecular complexity index is 475. The second kappa shape index (κ2) is 5.41. The van der Waals surface area contributed by atoms with Gasteiger partial charge >= 0.3 is 0 Å². The number of hydrogen-bond acceptors (Lipinski definition) is 6. The molecule has 8 nitrogen and oxygen atoms in total. The largest absolute Gasteiger partial charge is 0.392 e. The zero-order valence-electron chi connectivity index (χ0n) is 10.0. The van der Waals surface area contributed by atoms with Crippen LogP contribution in [0.4, 0.5) is 11.5 Å². The summed E-state index contributed by atoms with van der Waals surface area (Å²) >= 11 is 0. The van der Waals surface area contributed by atoms with Crippen molar-refractivity contribution in [1.29, 1.82) is 0 Å². The fraction of sp³-hybridized carbons (Fsp3) is 0.400. The second-order valence-corrected chi connectivity index (χ2v) is 3.92. The molecule has 0 aromatic carbocycles. The number of nitrogens with zero attached hydrogens (tertiary/aromatic N) is 3. The number of carbonyl (C=O) groups excluding carboxylic acids is 1. The lowest BCUT2D eigenvalue weighted by Gasteiger charge is -2.21. The average Bonchev–Trinajstić information content (AvgIpc) is 2.26. The minimum Gasteiger partial charge on any atom is -0.392 e. The molecule has 1 aromatic rings. The number of nitro groups is 1. The van der Waals surface area contributed by atoms with Gasteiger partial charge in [0.2, 0.25) is 0 Å². The van der Waals surface area contributed by atoms with Crippen molar-refractivity contribution in [3.63, 3.8) is 0 Å². The number of amides is 1. The lowest BCUT2D eigenvalue weighted by atomic mass is 10.2. The molecular formula is C10H14N4O4. The van der Waals surface area contributed by atoms with Gasteiger partial charge in [-0.2, -0.15) is 0 Å². The van der Waals surface area contributed by atoms with Gasteiger partial charge in [-0.15, -0.1) is 0 Å². The molecule has 0 aliphatic carbocycles. The summed E-state index contributed by atoms with van der Waals surface area (Å²) in [6, 6.07) is 1.07. The number of carbonyl (C=O) groups is 1. The van der Waals surface area contributed by atoms with Gasteiger partial charge in [-0.1, -0.05) is 0 Å². The van der Waals surface area contributed by atoms with Crippen LogP contribution in [-0.2, 0) is 0 Å². The molecule has 0 aliphatic heterocycles. The van der Waals surface area contributed by atoms with E-state index in [9.17, 15) is 20.0 Å². The van der Waals surface area contributed by atoms with Crippen molar-refractivity contribution in [2.75, 3.05) is 18.5 Å². The Morgan fingerprint density at radius 1 is 1.72 bits per heavy atom. The first-order valence-electron chi connectivity index (χ1n) is 5.16. The van der Waals surface area contributed by atoms with Crippen LogP contribution < -0.4 is 10.6 Å². The van der Waals surface area contributed by atoms with E-state index in [4.69, 9.17) is 5.73 Å². The normalized spacial score (nSPS) is 11.9. The van der Waals surface area contributed by atoms with Crippen LogP contribution in [0.5, 0.6) is 0 Å². The standard InChI is InChI=1S/C10H14N4O4/c1-6(15)5-13(2)10-8(9(11)16)3-7(4-12-10)14(17)18/h3-4,6,15H,5H2,1-2H3,(H2,11,16). The van der Waals surface area contributed by atoms with Crippen LogP contribution in [0.3, 0.4) is 0 Å². The average molecular weight is 254 g/mol. The summed E-state index contributed by atoms with van der Waals surface area (Å²) in [7, 11) is 1.60. The maximum absolute atomic E-state index is 11.3. The minimum absolute atomic E-state index is 0.0487. The lowest BCUT2D eigenvalue weighted by molar-refractivity contribution is -0.385. The van der Waals surface area contributed by atoms with Crippen LogP contribution in [-0.4, -0.2) is 40.6 Å². The Morgan fingerprint density at radius 2 is 2.33 bits per heavy atom. The van der Waals surface area contributed by atoms with E-state index >= 15 is 0 Å². The molecule has 98 valence electrons. The minimum atomic E-state index is -0.807. The van der Waals surface area contributed by atoms with E-state index in [-0.39, 0.29) is 23.6 Å². The number of nitrogens with two attached hydrogens (primary N) is 1. The number of hydrogen-bond donors (Lipinski definition) is 2. The predicted octanol–water partition coefficient (Wildman–Crippen LogP) is -0.0943. The van der Waals surface area contributed by atoms with Crippen molar-refractivity contribution in [3.8, 4) is 0 Å². The van der Waals surface area contributed by atoms with Gasteiger partial charge in [0, 0.05) is 19.7 Å². The number of pyridine rings is 1. The van der Waals surface area contributed by atoms with E-state index in [1.807, 2.05) is 0 Å². The summed E-state index contributed by atoms with van der Waals surface area (Å²) in [6.07, 6.45) is 0.410. The number of anilines is 1. The first kappa shape index (κ1) is 13.8. The summed E-state index contributed by atoms with van der Waals surface area (Å²) in [5.74, 6) is -0.604. The van der Waals surface area contributed by atoms with E-state index in [0.29, 0.717) is 0 Å². The van der Waals surface area contributed by atoms with Gasteiger partial charge in [0.1, 0.15) is 12.0 Å². The summed E-state index contributed by atoms with van der Waals surface area (Å²) in [4.78, 5) is 26.6. The summed E-state index contributed by atoms with van der Waals surface area (Å²) in [5, 5.41) is 19.9. The van der Waals surface area contributed by atoms with E-state index in [2.05, 4.69) is 4.98 Å². The van der Waals surface area contributed by atoms with E-state index < -0.39 is 16.9 Å². The Kier molecular flexibility index (Phi) is 4.16. The van der Waals surface area contributed by atoms with Crippen molar-refractivity contribution in [1.82, 2.24) is 4.98 Å². The van der Waals surface area contributed by atoms with E-state index in [1.54, 1.807) is 14.0 Å². The molecular weight excluding hydrogens is 240 g/mol. The molecule has 8 heteroatoms. The molecule has 0 radical (unpaired) electrons. The summed E-state index contributed by atoms with van der Waals surface area (Å²) < 4.78 is 0. The van der Waals surface area contributed by atoms with Crippen molar-refractivity contribution in [3.05, 3.63) is 27.9 Å². The molecule has 18 heavy (non-hydrogen) atoms. The van der Waals surface area contributed by atoms with Gasteiger partial charge in [0.15, 0.2) is 0 Å². The second-order valence-electron chi connectivity index (χ2n) is 3.92. The summed E-state index contributed by atoms with van der Waals surface area (Å²) in [5.41, 5.74) is 4.81. The third kappa shape index (κ3) is 3.14. The molecule has 3 N–H and O–H groups in total. The van der Waals surface area contributed by atoms with Gasteiger partial charge < -0.3 is 15.7 Å². The predicted molar refractivity (Wildman–Crippen MR) is 64.4 cm³/mol. The fourth-order valence-corrected chi connectivity index (χ4v) is 1.51. The molecule has 1 rings (SSSR count). The van der Waals surface area contributed by atoms with Gasteiger partial charge in [0.05, 0.1) is 16.6 Å². The quantitative estimate of drug-likeness (QED) is 0.559. The highest BCUT2D eigenvalue weighted by molar-refractivity contribution is 5.98. The van der Waals surface area contributed by atoms with E-state index in [0.717, 1.165) is 12.3 Å². The number of aliphatic hydroxyl groups excluding tert-OH is 1. The van der Waals surface area contributed by atoms with Crippen LogP contribution in [0.1, 0.15) is 17.3 Å². The molecule has 0 saturated heterocycles. The highest BCUT2D eigenvalue weighted by Crippen LogP contribution is 2.21. The zero-order chi connectivity index (χ0) is 13.9. The fourth-order valence-electron chi connectivity index (χ4n) is 1.51. The Balaban J connectivity index is 3.19. The van der Waals surface area contributed by atoms with Crippen LogP contribution in [0.2, 0.25) is 0 Å².